The normalized spacial score (nSPS) is 12.1. The van der Waals surface area contributed by atoms with E-state index in [9.17, 15) is 5.11 Å². The first-order valence-corrected chi connectivity index (χ1v) is 6.66. The summed E-state index contributed by atoms with van der Waals surface area (Å²) >= 11 is 0. The van der Waals surface area contributed by atoms with Gasteiger partial charge < -0.3 is 26.4 Å². The number of hydrogen-bond acceptors (Lipinski definition) is 5. The fourth-order valence-corrected chi connectivity index (χ4v) is 2.22. The van der Waals surface area contributed by atoms with Gasteiger partial charge in [-0.1, -0.05) is 12.1 Å². The summed E-state index contributed by atoms with van der Waals surface area (Å²) in [4.78, 5) is 0. The molecule has 0 aromatic heterocycles. The average Bonchev–Trinajstić information content (AvgIpc) is 2.50. The van der Waals surface area contributed by atoms with E-state index in [0.29, 0.717) is 17.8 Å². The second-order valence-corrected chi connectivity index (χ2v) is 4.92. The van der Waals surface area contributed by atoms with Crippen molar-refractivity contribution in [3.05, 3.63) is 42.0 Å². The van der Waals surface area contributed by atoms with Crippen molar-refractivity contribution in [3.8, 4) is 16.9 Å². The van der Waals surface area contributed by atoms with E-state index in [1.807, 2.05) is 30.3 Å². The first-order chi connectivity index (χ1) is 10.0. The predicted molar refractivity (Wildman–Crippen MR) is 84.1 cm³/mol. The topological polar surface area (TPSA) is 102 Å². The van der Waals surface area contributed by atoms with Crippen LogP contribution in [-0.4, -0.2) is 30.0 Å². The van der Waals surface area contributed by atoms with Gasteiger partial charge in [0.15, 0.2) is 0 Å². The molecular formula is C16H20N2O3. The van der Waals surface area contributed by atoms with Gasteiger partial charge >= 0.3 is 0 Å². The summed E-state index contributed by atoms with van der Waals surface area (Å²) in [5.41, 5.74) is 15.4. The van der Waals surface area contributed by atoms with Gasteiger partial charge in [-0.05, 0) is 35.4 Å². The van der Waals surface area contributed by atoms with Crippen molar-refractivity contribution in [2.75, 3.05) is 25.2 Å². The van der Waals surface area contributed by atoms with Crippen molar-refractivity contribution in [2.45, 2.75) is 12.5 Å². The number of aliphatic hydroxyl groups excluding tert-OH is 2. The molecule has 0 aliphatic carbocycles. The Kier molecular flexibility index (Phi) is 4.67. The van der Waals surface area contributed by atoms with E-state index < -0.39 is 6.10 Å². The highest BCUT2D eigenvalue weighted by Crippen LogP contribution is 2.33. The van der Waals surface area contributed by atoms with Crippen LogP contribution in [0, 0.1) is 0 Å². The molecule has 0 saturated carbocycles. The SMILES string of the molecule is COc1cccc(-c2cc(CC(O)CO)cc(N)c2N)c1. The minimum absolute atomic E-state index is 0.293. The minimum Gasteiger partial charge on any atom is -0.497 e. The molecule has 0 aliphatic heterocycles. The van der Waals surface area contributed by atoms with E-state index in [2.05, 4.69) is 0 Å². The molecule has 0 radical (unpaired) electrons. The zero-order chi connectivity index (χ0) is 15.4. The maximum absolute atomic E-state index is 9.57. The number of ether oxygens (including phenoxy) is 1. The highest BCUT2D eigenvalue weighted by molar-refractivity contribution is 5.85. The van der Waals surface area contributed by atoms with Crippen molar-refractivity contribution in [1.82, 2.24) is 0 Å². The molecule has 0 heterocycles. The summed E-state index contributed by atoms with van der Waals surface area (Å²) in [6.45, 7) is -0.293. The Labute approximate surface area is 123 Å². The van der Waals surface area contributed by atoms with Crippen LogP contribution in [0.3, 0.4) is 0 Å². The molecule has 0 spiro atoms. The fourth-order valence-electron chi connectivity index (χ4n) is 2.22. The van der Waals surface area contributed by atoms with Gasteiger partial charge in [-0.15, -0.1) is 0 Å². The Morgan fingerprint density at radius 2 is 1.95 bits per heavy atom. The summed E-state index contributed by atoms with van der Waals surface area (Å²) in [5, 5.41) is 18.5. The molecule has 5 heteroatoms. The second kappa shape index (κ2) is 6.47. The van der Waals surface area contributed by atoms with E-state index in [1.165, 1.54) is 0 Å². The number of nitrogens with two attached hydrogens (primary N) is 2. The van der Waals surface area contributed by atoms with Crippen LogP contribution in [0.25, 0.3) is 11.1 Å². The standard InChI is InChI=1S/C16H20N2O3/c1-21-13-4-2-3-11(8-13)14-6-10(5-12(20)9-19)7-15(17)16(14)18/h2-4,6-8,12,19-20H,5,9,17-18H2,1H3. The maximum Gasteiger partial charge on any atom is 0.119 e. The van der Waals surface area contributed by atoms with Gasteiger partial charge in [-0.2, -0.15) is 0 Å². The molecule has 0 fully saturated rings. The van der Waals surface area contributed by atoms with Crippen LogP contribution in [0.2, 0.25) is 0 Å². The third kappa shape index (κ3) is 3.45. The number of rotatable bonds is 5. The number of nitrogen functional groups attached to an aromatic ring is 2. The lowest BCUT2D eigenvalue weighted by Crippen LogP contribution is -2.15. The monoisotopic (exact) mass is 288 g/mol. The van der Waals surface area contributed by atoms with Crippen molar-refractivity contribution < 1.29 is 14.9 Å². The lowest BCUT2D eigenvalue weighted by Gasteiger charge is -2.14. The van der Waals surface area contributed by atoms with Crippen LogP contribution in [0.4, 0.5) is 11.4 Å². The Morgan fingerprint density at radius 1 is 1.19 bits per heavy atom. The Hall–Kier alpha value is -2.24. The first kappa shape index (κ1) is 15.2. The van der Waals surface area contributed by atoms with Crippen LogP contribution in [0.15, 0.2) is 36.4 Å². The van der Waals surface area contributed by atoms with Gasteiger partial charge in [-0.25, -0.2) is 0 Å². The molecule has 112 valence electrons. The number of anilines is 2. The molecule has 2 aromatic rings. The van der Waals surface area contributed by atoms with E-state index in [-0.39, 0.29) is 6.61 Å². The fraction of sp³-hybridized carbons (Fsp3) is 0.250. The zero-order valence-electron chi connectivity index (χ0n) is 11.9. The second-order valence-electron chi connectivity index (χ2n) is 4.92. The highest BCUT2D eigenvalue weighted by Gasteiger charge is 2.11. The Morgan fingerprint density at radius 3 is 2.62 bits per heavy atom. The van der Waals surface area contributed by atoms with Gasteiger partial charge in [-0.3, -0.25) is 0 Å². The zero-order valence-corrected chi connectivity index (χ0v) is 11.9. The summed E-state index contributed by atoms with van der Waals surface area (Å²) in [7, 11) is 1.60. The van der Waals surface area contributed by atoms with E-state index in [0.717, 1.165) is 22.4 Å². The van der Waals surface area contributed by atoms with Crippen molar-refractivity contribution >= 4 is 11.4 Å². The number of benzene rings is 2. The summed E-state index contributed by atoms with van der Waals surface area (Å²) in [5.74, 6) is 0.728. The van der Waals surface area contributed by atoms with Crippen molar-refractivity contribution in [3.63, 3.8) is 0 Å². The minimum atomic E-state index is -0.814. The molecule has 1 atom stereocenters. The molecule has 0 bridgehead atoms. The third-order valence-corrected chi connectivity index (χ3v) is 3.33. The first-order valence-electron chi connectivity index (χ1n) is 6.66. The molecule has 2 rings (SSSR count). The van der Waals surface area contributed by atoms with E-state index >= 15 is 0 Å². The van der Waals surface area contributed by atoms with Gasteiger partial charge in [0.25, 0.3) is 0 Å². The molecule has 2 aromatic carbocycles. The molecule has 1 unspecified atom stereocenters. The summed E-state index contributed by atoms with van der Waals surface area (Å²) in [6, 6.07) is 11.1. The summed E-state index contributed by atoms with van der Waals surface area (Å²) < 4.78 is 5.21. The molecule has 5 nitrogen and oxygen atoms in total. The van der Waals surface area contributed by atoms with E-state index in [1.54, 1.807) is 13.2 Å². The smallest absolute Gasteiger partial charge is 0.119 e. The maximum atomic E-state index is 9.57. The number of hydrogen-bond donors (Lipinski definition) is 4. The molecular weight excluding hydrogens is 268 g/mol. The molecule has 0 aliphatic rings. The van der Waals surface area contributed by atoms with E-state index in [4.69, 9.17) is 21.3 Å². The molecule has 0 amide bonds. The molecule has 0 saturated heterocycles. The van der Waals surface area contributed by atoms with Crippen LogP contribution < -0.4 is 16.2 Å². The van der Waals surface area contributed by atoms with Crippen molar-refractivity contribution in [2.24, 2.45) is 0 Å². The van der Waals surface area contributed by atoms with Crippen LogP contribution in [0.5, 0.6) is 5.75 Å². The average molecular weight is 288 g/mol. The lowest BCUT2D eigenvalue weighted by molar-refractivity contribution is 0.0955. The number of methoxy groups -OCH3 is 1. The summed E-state index contributed by atoms with van der Waals surface area (Å²) in [6.07, 6.45) is -0.496. The largest absolute Gasteiger partial charge is 0.497 e. The van der Waals surface area contributed by atoms with Crippen LogP contribution >= 0.6 is 0 Å². The molecule has 6 N–H and O–H groups in total. The van der Waals surface area contributed by atoms with Crippen molar-refractivity contribution in [1.29, 1.82) is 0 Å². The van der Waals surface area contributed by atoms with Crippen LogP contribution in [-0.2, 0) is 6.42 Å². The highest BCUT2D eigenvalue weighted by atomic mass is 16.5. The molecule has 21 heavy (non-hydrogen) atoms. The predicted octanol–water partition coefficient (Wildman–Crippen LogP) is 1.42. The lowest BCUT2D eigenvalue weighted by atomic mass is 9.97. The number of aliphatic hydroxyl groups is 2. The Balaban J connectivity index is 2.46. The van der Waals surface area contributed by atoms with Gasteiger partial charge in [0, 0.05) is 12.0 Å². The van der Waals surface area contributed by atoms with Gasteiger partial charge in [0.05, 0.1) is 31.2 Å². The third-order valence-electron chi connectivity index (χ3n) is 3.33. The quantitative estimate of drug-likeness (QED) is 0.623. The Bertz CT molecular complexity index is 629. The van der Waals surface area contributed by atoms with Crippen LogP contribution in [0.1, 0.15) is 5.56 Å². The van der Waals surface area contributed by atoms with Gasteiger partial charge in [0.2, 0.25) is 0 Å². The van der Waals surface area contributed by atoms with Gasteiger partial charge in [0.1, 0.15) is 5.75 Å².